The van der Waals surface area contributed by atoms with Crippen LogP contribution in [-0.2, 0) is 22.7 Å². The Morgan fingerprint density at radius 1 is 0.872 bits per heavy atom. The van der Waals surface area contributed by atoms with Gasteiger partial charge in [0.15, 0.2) is 6.61 Å². The number of likely N-dealkylation sites (tertiary alicyclic amines) is 1. The molecule has 7 nitrogen and oxygen atoms in total. The van der Waals surface area contributed by atoms with Gasteiger partial charge < -0.3 is 29.6 Å². The third-order valence-electron chi connectivity index (χ3n) is 7.11. The Labute approximate surface area is 228 Å². The van der Waals surface area contributed by atoms with Gasteiger partial charge in [0.2, 0.25) is 0 Å². The number of ether oxygens (including phenoxy) is 2. The fourth-order valence-electron chi connectivity index (χ4n) is 4.97. The fraction of sp³-hybridized carbons (Fsp3) is 0.250. The normalized spacial score (nSPS) is 17.1. The Morgan fingerprint density at radius 3 is 2.38 bits per heavy atom. The lowest BCUT2D eigenvalue weighted by atomic mass is 9.87. The Hall–Kier alpha value is -4.36. The van der Waals surface area contributed by atoms with Crippen molar-refractivity contribution in [2.75, 3.05) is 19.7 Å². The monoisotopic (exact) mass is 523 g/mol. The fourth-order valence-corrected chi connectivity index (χ4v) is 4.97. The average molecular weight is 524 g/mol. The van der Waals surface area contributed by atoms with Crippen LogP contribution in [0.1, 0.15) is 29.0 Å². The molecule has 1 fully saturated rings. The molecule has 0 aliphatic carbocycles. The summed E-state index contributed by atoms with van der Waals surface area (Å²) in [5.41, 5.74) is 3.10. The van der Waals surface area contributed by atoms with Crippen molar-refractivity contribution >= 4 is 22.8 Å². The van der Waals surface area contributed by atoms with Gasteiger partial charge in [-0.3, -0.25) is 4.79 Å². The highest BCUT2D eigenvalue weighted by molar-refractivity contribution is 5.83. The average Bonchev–Trinajstić information content (AvgIpc) is 2.98. The van der Waals surface area contributed by atoms with Crippen molar-refractivity contribution in [1.82, 2.24) is 10.2 Å². The van der Waals surface area contributed by atoms with Crippen molar-refractivity contribution in [2.45, 2.75) is 31.6 Å². The molecule has 1 saturated heterocycles. The van der Waals surface area contributed by atoms with Gasteiger partial charge in [0, 0.05) is 25.6 Å². The largest absolute Gasteiger partial charge is 0.530 e. The van der Waals surface area contributed by atoms with Crippen molar-refractivity contribution in [3.8, 4) is 5.75 Å². The summed E-state index contributed by atoms with van der Waals surface area (Å²) in [6.45, 7) is 1.40. The standard InChI is InChI=1S/C32H32N2O5/c35-31(33-19-23-6-2-1-3-7-23)22-38-28-14-12-26(13-15-28)29-16-17-34(32(36)37)20-30(29)39-21-24-10-11-25-8-4-5-9-27(25)18-24/h1-15,18,29-30H,16-17,19-22H2,(H,33,35)(H,36,37)/p-1. The molecule has 4 aromatic carbocycles. The van der Waals surface area contributed by atoms with Crippen molar-refractivity contribution < 1.29 is 24.2 Å². The van der Waals surface area contributed by atoms with Gasteiger partial charge in [0.1, 0.15) is 11.8 Å². The predicted molar refractivity (Wildman–Crippen MR) is 147 cm³/mol. The van der Waals surface area contributed by atoms with Crippen molar-refractivity contribution in [3.05, 3.63) is 114 Å². The van der Waals surface area contributed by atoms with Crippen LogP contribution in [-0.4, -0.2) is 42.7 Å². The minimum atomic E-state index is -1.18. The summed E-state index contributed by atoms with van der Waals surface area (Å²) in [6.07, 6.45) is -0.876. The summed E-state index contributed by atoms with van der Waals surface area (Å²) in [4.78, 5) is 25.1. The molecule has 7 heteroatoms. The number of carboxylic acid groups (broad SMARTS) is 1. The van der Waals surface area contributed by atoms with Crippen molar-refractivity contribution in [2.24, 2.45) is 0 Å². The summed E-state index contributed by atoms with van der Waals surface area (Å²) in [5.74, 6) is 0.415. The topological polar surface area (TPSA) is 90.9 Å². The Kier molecular flexibility index (Phi) is 8.39. The van der Waals surface area contributed by atoms with Crippen LogP contribution in [0.2, 0.25) is 0 Å². The molecule has 0 bridgehead atoms. The summed E-state index contributed by atoms with van der Waals surface area (Å²) in [7, 11) is 0. The number of carbonyl (C=O) groups is 2. The molecule has 39 heavy (non-hydrogen) atoms. The van der Waals surface area contributed by atoms with Crippen LogP contribution in [0.3, 0.4) is 0 Å². The zero-order valence-electron chi connectivity index (χ0n) is 21.6. The number of hydrogen-bond donors (Lipinski definition) is 1. The number of fused-ring (bicyclic) bond motifs is 1. The molecule has 0 radical (unpaired) electrons. The van der Waals surface area contributed by atoms with E-state index >= 15 is 0 Å². The molecular weight excluding hydrogens is 492 g/mol. The Bertz CT molecular complexity index is 1410. The molecule has 1 aliphatic heterocycles. The first-order chi connectivity index (χ1) is 19.0. The van der Waals surface area contributed by atoms with Crippen molar-refractivity contribution in [3.63, 3.8) is 0 Å². The van der Waals surface area contributed by atoms with E-state index in [2.05, 4.69) is 29.6 Å². The smallest absolute Gasteiger partial charge is 0.258 e. The molecule has 1 aliphatic rings. The lowest BCUT2D eigenvalue weighted by Crippen LogP contribution is -2.51. The van der Waals surface area contributed by atoms with Crippen molar-refractivity contribution in [1.29, 1.82) is 0 Å². The molecule has 0 spiro atoms. The molecule has 4 aromatic rings. The third-order valence-corrected chi connectivity index (χ3v) is 7.11. The molecule has 0 aromatic heterocycles. The second-order valence-corrected chi connectivity index (χ2v) is 9.76. The second kappa shape index (κ2) is 12.5. The quantitative estimate of drug-likeness (QED) is 0.354. The van der Waals surface area contributed by atoms with Crippen LogP contribution in [0.5, 0.6) is 5.75 Å². The molecule has 1 N–H and O–H groups in total. The van der Waals surface area contributed by atoms with E-state index in [9.17, 15) is 14.7 Å². The maximum atomic E-state index is 12.2. The molecule has 200 valence electrons. The lowest BCUT2D eigenvalue weighted by molar-refractivity contribution is -0.268. The van der Waals surface area contributed by atoms with Crippen LogP contribution in [0.4, 0.5) is 4.79 Å². The van der Waals surface area contributed by atoms with E-state index in [4.69, 9.17) is 9.47 Å². The van der Waals surface area contributed by atoms with Crippen LogP contribution in [0.25, 0.3) is 10.8 Å². The number of piperidine rings is 1. The van der Waals surface area contributed by atoms with Crippen LogP contribution in [0, 0.1) is 0 Å². The van der Waals surface area contributed by atoms with Gasteiger partial charge in [-0.15, -0.1) is 0 Å². The van der Waals surface area contributed by atoms with Crippen LogP contribution in [0.15, 0.2) is 97.1 Å². The number of nitrogens with one attached hydrogen (secondary N) is 1. The molecule has 5 rings (SSSR count). The first-order valence-corrected chi connectivity index (χ1v) is 13.1. The number of hydrogen-bond acceptors (Lipinski definition) is 5. The number of rotatable bonds is 9. The minimum absolute atomic E-state index is 0.0178. The van der Waals surface area contributed by atoms with Gasteiger partial charge in [-0.05, 0) is 52.1 Å². The van der Waals surface area contributed by atoms with E-state index in [0.29, 0.717) is 31.9 Å². The lowest BCUT2D eigenvalue weighted by Gasteiger charge is -2.40. The maximum absolute atomic E-state index is 12.2. The van der Waals surface area contributed by atoms with Gasteiger partial charge in [-0.1, -0.05) is 78.9 Å². The van der Waals surface area contributed by atoms with E-state index in [1.54, 1.807) is 0 Å². The molecule has 1 heterocycles. The van der Waals surface area contributed by atoms with E-state index in [0.717, 1.165) is 27.5 Å². The van der Waals surface area contributed by atoms with Gasteiger partial charge >= 0.3 is 0 Å². The molecule has 0 saturated carbocycles. The SMILES string of the molecule is O=C(COc1ccc(C2CCN(C(=O)[O-])CC2OCc2ccc3ccccc3c2)cc1)NCc1ccccc1. The predicted octanol–water partition coefficient (Wildman–Crippen LogP) is 4.25. The molecule has 2 amide bonds. The van der Waals surface area contributed by atoms with E-state index in [1.165, 1.54) is 4.90 Å². The zero-order chi connectivity index (χ0) is 27.0. The maximum Gasteiger partial charge on any atom is 0.258 e. The summed E-state index contributed by atoms with van der Waals surface area (Å²) >= 11 is 0. The number of amides is 2. The van der Waals surface area contributed by atoms with Crippen LogP contribution >= 0.6 is 0 Å². The highest BCUT2D eigenvalue weighted by Gasteiger charge is 2.31. The number of benzene rings is 4. The van der Waals surface area contributed by atoms with Gasteiger partial charge in [0.25, 0.3) is 5.91 Å². The minimum Gasteiger partial charge on any atom is -0.530 e. The molecular formula is C32H31N2O5-. The van der Waals surface area contributed by atoms with E-state index < -0.39 is 6.09 Å². The van der Waals surface area contributed by atoms with Gasteiger partial charge in [-0.2, -0.15) is 0 Å². The summed E-state index contributed by atoms with van der Waals surface area (Å²) < 4.78 is 12.0. The van der Waals surface area contributed by atoms with E-state index in [1.807, 2.05) is 72.8 Å². The van der Waals surface area contributed by atoms with Gasteiger partial charge in [0.05, 0.1) is 12.7 Å². The van der Waals surface area contributed by atoms with Crippen LogP contribution < -0.4 is 15.2 Å². The third kappa shape index (κ3) is 6.94. The summed E-state index contributed by atoms with van der Waals surface area (Å²) in [6, 6.07) is 31.7. The number of carbonyl (C=O) groups excluding carboxylic acids is 2. The second-order valence-electron chi connectivity index (χ2n) is 9.76. The molecule has 2 unspecified atom stereocenters. The first-order valence-electron chi connectivity index (χ1n) is 13.1. The van der Waals surface area contributed by atoms with Gasteiger partial charge in [-0.25, -0.2) is 0 Å². The Morgan fingerprint density at radius 2 is 1.62 bits per heavy atom. The highest BCUT2D eigenvalue weighted by atomic mass is 16.5. The summed E-state index contributed by atoms with van der Waals surface area (Å²) in [5, 5.41) is 16.7. The Balaban J connectivity index is 1.19. The number of nitrogens with zero attached hydrogens (tertiary/aromatic N) is 1. The first kappa shape index (κ1) is 26.3. The molecule has 2 atom stereocenters. The van der Waals surface area contributed by atoms with E-state index in [-0.39, 0.29) is 31.1 Å². The zero-order valence-corrected chi connectivity index (χ0v) is 21.6. The highest BCUT2D eigenvalue weighted by Crippen LogP contribution is 2.32.